The monoisotopic (exact) mass is 515 g/mol. The number of nitrogens with zero attached hydrogens (tertiary/aromatic N) is 1. The van der Waals surface area contributed by atoms with E-state index in [0.717, 1.165) is 41.8 Å². The zero-order chi connectivity index (χ0) is 25.9. The number of hydrogen-bond donors (Lipinski definition) is 2. The first kappa shape index (κ1) is 25.4. The minimum absolute atomic E-state index is 0.165. The summed E-state index contributed by atoms with van der Waals surface area (Å²) in [5, 5.41) is 7.36. The predicted octanol–water partition coefficient (Wildman–Crippen LogP) is 7.06. The van der Waals surface area contributed by atoms with Gasteiger partial charge in [0.1, 0.15) is 11.5 Å². The minimum atomic E-state index is -0.165. The van der Waals surface area contributed by atoms with E-state index in [-0.39, 0.29) is 5.91 Å². The molecule has 1 aromatic heterocycles. The molecule has 1 unspecified atom stereocenters. The number of piperidine rings is 1. The summed E-state index contributed by atoms with van der Waals surface area (Å²) < 4.78 is 6.18. The third kappa shape index (κ3) is 5.53. The Balaban J connectivity index is 1.41. The van der Waals surface area contributed by atoms with Gasteiger partial charge in [-0.05, 0) is 106 Å². The number of benzene rings is 1. The number of furan rings is 1. The van der Waals surface area contributed by atoms with Crippen LogP contribution in [0.5, 0.6) is 0 Å². The van der Waals surface area contributed by atoms with Gasteiger partial charge in [-0.3, -0.25) is 4.79 Å². The fraction of sp³-hybridized carbons (Fsp3) is 0.323. The highest BCUT2D eigenvalue weighted by molar-refractivity contribution is 6.36. The van der Waals surface area contributed by atoms with Gasteiger partial charge in [0, 0.05) is 40.1 Å². The summed E-state index contributed by atoms with van der Waals surface area (Å²) in [5.41, 5.74) is 6.89. The van der Waals surface area contributed by atoms with Gasteiger partial charge in [-0.25, -0.2) is 0 Å². The molecule has 5 nitrogen and oxygen atoms in total. The molecule has 2 aliphatic heterocycles. The van der Waals surface area contributed by atoms with Gasteiger partial charge in [-0.2, -0.15) is 0 Å². The van der Waals surface area contributed by atoms with Gasteiger partial charge < -0.3 is 20.0 Å². The summed E-state index contributed by atoms with van der Waals surface area (Å²) >= 11 is 6.17. The van der Waals surface area contributed by atoms with Crippen molar-refractivity contribution in [3.8, 4) is 0 Å². The highest BCUT2D eigenvalue weighted by Gasteiger charge is 2.25. The Bertz CT molecular complexity index is 1340. The van der Waals surface area contributed by atoms with E-state index >= 15 is 0 Å². The van der Waals surface area contributed by atoms with Crippen LogP contribution >= 0.6 is 11.6 Å². The summed E-state index contributed by atoms with van der Waals surface area (Å²) in [7, 11) is 2.20. The molecule has 2 fully saturated rings. The van der Waals surface area contributed by atoms with Crippen molar-refractivity contribution in [3.05, 3.63) is 94.1 Å². The smallest absolute Gasteiger partial charge is 0.256 e. The molecule has 0 bridgehead atoms. The molecule has 3 aliphatic rings. The van der Waals surface area contributed by atoms with Gasteiger partial charge >= 0.3 is 0 Å². The molecule has 0 spiro atoms. The third-order valence-electron chi connectivity index (χ3n) is 7.38. The fourth-order valence-electron chi connectivity index (χ4n) is 5.21. The number of rotatable bonds is 7. The van der Waals surface area contributed by atoms with E-state index in [1.807, 2.05) is 24.3 Å². The number of allylic oxidation sites excluding steroid dienone is 5. The largest absolute Gasteiger partial charge is 0.457 e. The van der Waals surface area contributed by atoms with Crippen molar-refractivity contribution >= 4 is 40.4 Å². The third-order valence-corrected chi connectivity index (χ3v) is 7.61. The number of fused-ring (bicyclic) bond motifs is 1. The second kappa shape index (κ2) is 11.0. The van der Waals surface area contributed by atoms with E-state index in [9.17, 15) is 4.79 Å². The maximum atomic E-state index is 12.6. The van der Waals surface area contributed by atoms with Crippen molar-refractivity contribution in [2.75, 3.05) is 25.5 Å². The first-order chi connectivity index (χ1) is 17.9. The van der Waals surface area contributed by atoms with Crippen LogP contribution in [-0.4, -0.2) is 37.0 Å². The average Bonchev–Trinajstić information content (AvgIpc) is 3.43. The van der Waals surface area contributed by atoms with Crippen LogP contribution in [0.15, 0.2) is 76.4 Å². The molecule has 3 heterocycles. The van der Waals surface area contributed by atoms with Gasteiger partial charge in [0.2, 0.25) is 0 Å². The number of likely N-dealkylation sites (tertiary alicyclic amines) is 1. The first-order valence-corrected chi connectivity index (χ1v) is 13.4. The second-order valence-corrected chi connectivity index (χ2v) is 10.5. The van der Waals surface area contributed by atoms with Crippen molar-refractivity contribution in [2.24, 2.45) is 0 Å². The number of amides is 1. The summed E-state index contributed by atoms with van der Waals surface area (Å²) in [5.74, 6) is 1.15. The van der Waals surface area contributed by atoms with E-state index in [4.69, 9.17) is 16.0 Å². The predicted molar refractivity (Wildman–Crippen MR) is 153 cm³/mol. The van der Waals surface area contributed by atoms with Crippen LogP contribution in [0.25, 0.3) is 17.2 Å². The molecular formula is C31H34ClN3O2. The Labute approximate surface area is 224 Å². The summed E-state index contributed by atoms with van der Waals surface area (Å²) in [4.78, 5) is 15.0. The topological polar surface area (TPSA) is 57.5 Å². The highest BCUT2D eigenvalue weighted by Crippen LogP contribution is 2.36. The van der Waals surface area contributed by atoms with Crippen molar-refractivity contribution in [1.82, 2.24) is 10.2 Å². The molecule has 1 aromatic carbocycles. The standard InChI is InChI=1S/C31H34ClN3O2/c1-4-20(16-21(5-2)30(22-8-6-9-22)33-24-10-7-15-35(3)19-24)29-14-12-25(37-29)18-27-26-17-23(32)11-13-28(26)34-31(27)36/h4-5,11-14,16-18,24,33H,1,6-10,15,19H2,2-3H3,(H,34,36)/b20-16+,21-5+,27-18+. The van der Waals surface area contributed by atoms with Crippen molar-refractivity contribution < 1.29 is 9.21 Å². The van der Waals surface area contributed by atoms with E-state index in [1.54, 1.807) is 18.2 Å². The van der Waals surface area contributed by atoms with Gasteiger partial charge in [-0.15, -0.1) is 0 Å². The zero-order valence-corrected chi connectivity index (χ0v) is 22.3. The number of carbonyl (C=O) groups is 1. The first-order valence-electron chi connectivity index (χ1n) is 13.1. The summed E-state index contributed by atoms with van der Waals surface area (Å²) in [6.07, 6.45) is 13.9. The van der Waals surface area contributed by atoms with E-state index < -0.39 is 0 Å². The van der Waals surface area contributed by atoms with Gasteiger partial charge in [0.05, 0.1) is 5.57 Å². The molecule has 0 radical (unpaired) electrons. The molecule has 1 amide bonds. The molecule has 1 saturated carbocycles. The molecule has 1 saturated heterocycles. The number of nitrogens with one attached hydrogen (secondary N) is 2. The molecule has 192 valence electrons. The second-order valence-electron chi connectivity index (χ2n) is 10.0. The molecule has 6 heteroatoms. The molecule has 1 atom stereocenters. The molecular weight excluding hydrogens is 482 g/mol. The summed E-state index contributed by atoms with van der Waals surface area (Å²) in [6.45, 7) is 8.37. The van der Waals surface area contributed by atoms with Crippen molar-refractivity contribution in [2.45, 2.75) is 45.1 Å². The molecule has 2 N–H and O–H groups in total. The Hall–Kier alpha value is -3.28. The Morgan fingerprint density at radius 2 is 2.08 bits per heavy atom. The zero-order valence-electron chi connectivity index (χ0n) is 21.6. The number of halogens is 1. The van der Waals surface area contributed by atoms with Crippen LogP contribution in [0.3, 0.4) is 0 Å². The number of anilines is 1. The maximum absolute atomic E-state index is 12.6. The maximum Gasteiger partial charge on any atom is 0.256 e. The molecule has 37 heavy (non-hydrogen) atoms. The van der Waals surface area contributed by atoms with Crippen LogP contribution in [0, 0.1) is 0 Å². The molecule has 1 aliphatic carbocycles. The van der Waals surface area contributed by atoms with Crippen LogP contribution in [0.4, 0.5) is 5.69 Å². The van der Waals surface area contributed by atoms with Gasteiger partial charge in [0.15, 0.2) is 0 Å². The lowest BCUT2D eigenvalue weighted by atomic mass is 9.87. The quantitative estimate of drug-likeness (QED) is 0.306. The summed E-state index contributed by atoms with van der Waals surface area (Å²) in [6, 6.07) is 9.64. The van der Waals surface area contributed by atoms with E-state index in [1.165, 1.54) is 37.1 Å². The fourth-order valence-corrected chi connectivity index (χ4v) is 5.38. The van der Waals surface area contributed by atoms with Gasteiger partial charge in [0.25, 0.3) is 5.91 Å². The lowest BCUT2D eigenvalue weighted by molar-refractivity contribution is -0.110. The Morgan fingerprint density at radius 3 is 2.78 bits per heavy atom. The van der Waals surface area contributed by atoms with Crippen LogP contribution < -0.4 is 10.6 Å². The van der Waals surface area contributed by atoms with E-state index in [2.05, 4.69) is 48.2 Å². The minimum Gasteiger partial charge on any atom is -0.457 e. The normalized spacial score (nSPS) is 21.5. The number of likely N-dealkylation sites (N-methyl/N-ethyl adjacent to an activating group) is 1. The van der Waals surface area contributed by atoms with Crippen molar-refractivity contribution in [3.63, 3.8) is 0 Å². The Kier molecular flexibility index (Phi) is 7.54. The lowest BCUT2D eigenvalue weighted by Crippen LogP contribution is -2.44. The van der Waals surface area contributed by atoms with Crippen LogP contribution in [0.2, 0.25) is 5.02 Å². The van der Waals surface area contributed by atoms with E-state index in [0.29, 0.717) is 28.2 Å². The molecule has 2 aromatic rings. The van der Waals surface area contributed by atoms with Crippen LogP contribution in [-0.2, 0) is 4.79 Å². The van der Waals surface area contributed by atoms with Crippen LogP contribution in [0.1, 0.15) is 56.1 Å². The lowest BCUT2D eigenvalue weighted by Gasteiger charge is -2.34. The average molecular weight is 516 g/mol. The Morgan fingerprint density at radius 1 is 1.24 bits per heavy atom. The number of carbonyl (C=O) groups excluding carboxylic acids is 1. The highest BCUT2D eigenvalue weighted by atomic mass is 35.5. The molecule has 5 rings (SSSR count). The van der Waals surface area contributed by atoms with Crippen molar-refractivity contribution in [1.29, 1.82) is 0 Å². The number of hydrogen-bond acceptors (Lipinski definition) is 4. The SMILES string of the molecule is C=C/C(=C\C(=C/C)C(NC1CCCN(C)C1)=C1CCC1)c1ccc(/C=C2/C(=O)Nc3ccc(Cl)cc32)o1. The van der Waals surface area contributed by atoms with Gasteiger partial charge in [-0.1, -0.05) is 30.3 Å².